The lowest BCUT2D eigenvalue weighted by Crippen LogP contribution is -2.49. The van der Waals surface area contributed by atoms with Gasteiger partial charge in [0, 0.05) is 19.6 Å². The van der Waals surface area contributed by atoms with Crippen LogP contribution in [0.25, 0.3) is 0 Å². The first-order valence-electron chi connectivity index (χ1n) is 7.28. The van der Waals surface area contributed by atoms with E-state index in [2.05, 4.69) is 33.5 Å². The summed E-state index contributed by atoms with van der Waals surface area (Å²) in [5, 5.41) is 0. The summed E-state index contributed by atoms with van der Waals surface area (Å²) in [6.07, 6.45) is 3.35. The fourth-order valence-corrected chi connectivity index (χ4v) is 1.99. The number of likely N-dealkylation sites (N-methyl/N-ethyl adjacent to an activating group) is 1. The maximum atomic E-state index is 5.61. The van der Waals surface area contributed by atoms with Crippen LogP contribution in [0, 0.1) is 0 Å². The van der Waals surface area contributed by atoms with Gasteiger partial charge in [0.25, 0.3) is 0 Å². The summed E-state index contributed by atoms with van der Waals surface area (Å²) >= 11 is 4.31. The molecule has 0 aromatic heterocycles. The molecule has 0 unspecified atom stereocenters. The molecule has 0 bridgehead atoms. The zero-order valence-corrected chi connectivity index (χ0v) is 13.4. The van der Waals surface area contributed by atoms with E-state index in [0.29, 0.717) is 0 Å². The first kappa shape index (κ1) is 18.2. The maximum absolute atomic E-state index is 5.61. The molecule has 0 saturated heterocycles. The van der Waals surface area contributed by atoms with E-state index in [4.69, 9.17) is 9.47 Å². The number of hydrogen-bond acceptors (Lipinski definition) is 3. The van der Waals surface area contributed by atoms with Crippen LogP contribution >= 0.6 is 12.6 Å². The van der Waals surface area contributed by atoms with Gasteiger partial charge in [0.15, 0.2) is 0 Å². The first-order chi connectivity index (χ1) is 8.68. The minimum atomic E-state index is 0.852. The van der Waals surface area contributed by atoms with Gasteiger partial charge in [-0.15, -0.1) is 0 Å². The molecular formula is C14H32NO2S+. The van der Waals surface area contributed by atoms with Crippen LogP contribution in [-0.4, -0.2) is 63.3 Å². The molecule has 0 spiro atoms. The first-order valence-corrected chi connectivity index (χ1v) is 7.91. The van der Waals surface area contributed by atoms with Gasteiger partial charge in [-0.3, -0.25) is 0 Å². The van der Waals surface area contributed by atoms with E-state index in [0.717, 1.165) is 75.6 Å². The molecule has 3 nitrogen and oxygen atoms in total. The van der Waals surface area contributed by atoms with Crippen LogP contribution in [0.3, 0.4) is 0 Å². The molecule has 4 heteroatoms. The van der Waals surface area contributed by atoms with E-state index in [1.165, 1.54) is 0 Å². The van der Waals surface area contributed by atoms with Gasteiger partial charge in [-0.25, -0.2) is 0 Å². The highest BCUT2D eigenvalue weighted by molar-refractivity contribution is 7.80. The van der Waals surface area contributed by atoms with Gasteiger partial charge >= 0.3 is 0 Å². The minimum absolute atomic E-state index is 0.852. The van der Waals surface area contributed by atoms with Crippen LogP contribution in [0.4, 0.5) is 0 Å². The Morgan fingerprint density at radius 1 is 0.833 bits per heavy atom. The summed E-state index contributed by atoms with van der Waals surface area (Å²) in [7, 11) is 2.30. The zero-order chi connectivity index (χ0) is 13.7. The van der Waals surface area contributed by atoms with Gasteiger partial charge in [0.1, 0.15) is 13.1 Å². The van der Waals surface area contributed by atoms with Crippen molar-refractivity contribution < 1.29 is 14.0 Å². The Morgan fingerprint density at radius 2 is 1.33 bits per heavy atom. The van der Waals surface area contributed by atoms with Crippen LogP contribution in [-0.2, 0) is 9.47 Å². The van der Waals surface area contributed by atoms with Crippen molar-refractivity contribution >= 4 is 12.6 Å². The predicted octanol–water partition coefficient (Wildman–Crippen LogP) is 2.61. The van der Waals surface area contributed by atoms with Gasteiger partial charge in [-0.05, 0) is 18.6 Å². The highest BCUT2D eigenvalue weighted by atomic mass is 32.1. The SMILES string of the molecule is CCCOCC[N+](C)(CCCS)CCOCCC. The van der Waals surface area contributed by atoms with Crippen molar-refractivity contribution in [1.82, 2.24) is 0 Å². The van der Waals surface area contributed by atoms with Crippen molar-refractivity contribution in [3.63, 3.8) is 0 Å². The van der Waals surface area contributed by atoms with Crippen molar-refractivity contribution in [2.24, 2.45) is 0 Å². The Hall–Kier alpha value is 0.230. The molecule has 0 aliphatic carbocycles. The Labute approximate surface area is 119 Å². The quantitative estimate of drug-likeness (QED) is 0.317. The second-order valence-corrected chi connectivity index (χ2v) is 5.54. The highest BCUT2D eigenvalue weighted by Crippen LogP contribution is 2.05. The van der Waals surface area contributed by atoms with Crippen LogP contribution in [0.5, 0.6) is 0 Å². The van der Waals surface area contributed by atoms with Crippen LogP contribution in [0.15, 0.2) is 0 Å². The minimum Gasteiger partial charge on any atom is -0.376 e. The Bertz CT molecular complexity index is 167. The summed E-state index contributed by atoms with van der Waals surface area (Å²) in [6, 6.07) is 0. The van der Waals surface area contributed by atoms with E-state index in [-0.39, 0.29) is 0 Å². The fourth-order valence-electron chi connectivity index (χ4n) is 1.85. The van der Waals surface area contributed by atoms with Crippen molar-refractivity contribution in [2.75, 3.05) is 58.9 Å². The van der Waals surface area contributed by atoms with Gasteiger partial charge in [0.2, 0.25) is 0 Å². The highest BCUT2D eigenvalue weighted by Gasteiger charge is 2.20. The van der Waals surface area contributed by atoms with Crippen LogP contribution in [0.2, 0.25) is 0 Å². The number of quaternary nitrogens is 1. The molecule has 18 heavy (non-hydrogen) atoms. The number of nitrogens with zero attached hydrogens (tertiary/aromatic N) is 1. The van der Waals surface area contributed by atoms with Gasteiger partial charge in [-0.1, -0.05) is 13.8 Å². The summed E-state index contributed by atoms with van der Waals surface area (Å²) in [5.74, 6) is 0.958. The van der Waals surface area contributed by atoms with Gasteiger partial charge in [-0.2, -0.15) is 12.6 Å². The number of thiol groups is 1. The monoisotopic (exact) mass is 278 g/mol. The van der Waals surface area contributed by atoms with Crippen molar-refractivity contribution in [2.45, 2.75) is 33.1 Å². The Morgan fingerprint density at radius 3 is 1.72 bits per heavy atom. The maximum Gasteiger partial charge on any atom is 0.102 e. The molecule has 0 radical (unpaired) electrons. The molecule has 0 aromatic carbocycles. The normalized spacial score (nSPS) is 12.0. The van der Waals surface area contributed by atoms with Crippen LogP contribution < -0.4 is 0 Å². The standard InChI is InChI=1S/C14H31NO2S/c1-4-10-16-12-8-15(3,7-6-14-18)9-13-17-11-5-2/h4-14H2,1-3H3/p+1. The van der Waals surface area contributed by atoms with E-state index in [9.17, 15) is 0 Å². The smallest absolute Gasteiger partial charge is 0.102 e. The molecular weight excluding hydrogens is 246 g/mol. The second-order valence-electron chi connectivity index (χ2n) is 5.09. The van der Waals surface area contributed by atoms with E-state index in [1.54, 1.807) is 0 Å². The third-order valence-corrected chi connectivity index (χ3v) is 3.42. The molecule has 0 aromatic rings. The molecule has 0 N–H and O–H groups in total. The molecule has 0 aliphatic rings. The molecule has 110 valence electrons. The lowest BCUT2D eigenvalue weighted by molar-refractivity contribution is -0.910. The molecule has 0 aliphatic heterocycles. The zero-order valence-electron chi connectivity index (χ0n) is 12.5. The summed E-state index contributed by atoms with van der Waals surface area (Å²) in [5.41, 5.74) is 0. The lowest BCUT2D eigenvalue weighted by Gasteiger charge is -2.34. The Kier molecular flexibility index (Phi) is 12.4. The number of rotatable bonds is 13. The number of ether oxygens (including phenoxy) is 2. The second kappa shape index (κ2) is 12.3. The van der Waals surface area contributed by atoms with Crippen molar-refractivity contribution in [1.29, 1.82) is 0 Å². The molecule has 0 heterocycles. The average Bonchev–Trinajstić information content (AvgIpc) is 2.38. The molecule has 0 rings (SSSR count). The fraction of sp³-hybridized carbons (Fsp3) is 1.00. The predicted molar refractivity (Wildman–Crippen MR) is 81.5 cm³/mol. The van der Waals surface area contributed by atoms with Gasteiger partial charge in [0.05, 0.1) is 26.8 Å². The van der Waals surface area contributed by atoms with E-state index >= 15 is 0 Å². The third kappa shape index (κ3) is 10.2. The molecule has 0 fully saturated rings. The molecule has 0 amide bonds. The molecule has 0 saturated carbocycles. The van der Waals surface area contributed by atoms with Crippen molar-refractivity contribution in [3.05, 3.63) is 0 Å². The topological polar surface area (TPSA) is 18.5 Å². The van der Waals surface area contributed by atoms with Crippen LogP contribution in [0.1, 0.15) is 33.1 Å². The number of hydrogen-bond donors (Lipinski definition) is 1. The van der Waals surface area contributed by atoms with E-state index < -0.39 is 0 Å². The third-order valence-electron chi connectivity index (χ3n) is 3.10. The summed E-state index contributed by atoms with van der Waals surface area (Å²) in [6.45, 7) is 11.1. The largest absolute Gasteiger partial charge is 0.376 e. The summed E-state index contributed by atoms with van der Waals surface area (Å²) in [4.78, 5) is 0. The lowest BCUT2D eigenvalue weighted by atomic mass is 10.3. The summed E-state index contributed by atoms with van der Waals surface area (Å²) < 4.78 is 12.3. The van der Waals surface area contributed by atoms with Gasteiger partial charge < -0.3 is 14.0 Å². The molecule has 0 atom stereocenters. The average molecular weight is 278 g/mol. The Balaban J connectivity index is 3.90. The van der Waals surface area contributed by atoms with Crippen molar-refractivity contribution in [3.8, 4) is 0 Å². The van der Waals surface area contributed by atoms with E-state index in [1.807, 2.05) is 0 Å².